The molecule has 0 aromatic carbocycles. The fraction of sp³-hybridized carbons (Fsp3) is 0.647. The first-order valence-electron chi connectivity index (χ1n) is 7.83. The van der Waals surface area contributed by atoms with Crippen LogP contribution < -0.4 is 0 Å². The van der Waals surface area contributed by atoms with E-state index in [-0.39, 0.29) is 6.09 Å². The van der Waals surface area contributed by atoms with Gasteiger partial charge in [0.05, 0.1) is 0 Å². The Morgan fingerprint density at radius 2 is 2.10 bits per heavy atom. The summed E-state index contributed by atoms with van der Waals surface area (Å²) in [6.45, 7) is 11.2. The van der Waals surface area contributed by atoms with E-state index in [1.165, 1.54) is 5.56 Å². The Kier molecular flexibility index (Phi) is 6.66. The number of carbonyl (C=O) groups is 1. The van der Waals surface area contributed by atoms with Gasteiger partial charge in [0.1, 0.15) is 5.60 Å². The van der Waals surface area contributed by atoms with Crippen molar-refractivity contribution in [2.45, 2.75) is 59.0 Å². The molecule has 1 unspecified atom stereocenters. The number of carbonyl (C=O) groups excluding carboxylic acids is 1. The summed E-state index contributed by atoms with van der Waals surface area (Å²) < 4.78 is 5.43. The topological polar surface area (TPSA) is 42.4 Å². The van der Waals surface area contributed by atoms with Crippen LogP contribution in [0.1, 0.15) is 58.9 Å². The van der Waals surface area contributed by atoms with E-state index < -0.39 is 5.60 Å². The minimum atomic E-state index is -0.432. The highest BCUT2D eigenvalue weighted by molar-refractivity contribution is 5.68. The molecule has 4 heteroatoms. The maximum atomic E-state index is 12.1. The molecular formula is C17H28N2O2. The summed E-state index contributed by atoms with van der Waals surface area (Å²) in [5, 5.41) is 0. The summed E-state index contributed by atoms with van der Waals surface area (Å²) in [7, 11) is 0. The predicted octanol–water partition coefficient (Wildman–Crippen LogP) is 4.22. The van der Waals surface area contributed by atoms with Gasteiger partial charge in [-0.15, -0.1) is 0 Å². The lowest BCUT2D eigenvalue weighted by atomic mass is 9.92. The molecule has 21 heavy (non-hydrogen) atoms. The van der Waals surface area contributed by atoms with Crippen LogP contribution >= 0.6 is 0 Å². The van der Waals surface area contributed by atoms with Crippen LogP contribution in [0.3, 0.4) is 0 Å². The quantitative estimate of drug-likeness (QED) is 0.778. The first-order chi connectivity index (χ1) is 9.96. The summed E-state index contributed by atoms with van der Waals surface area (Å²) in [4.78, 5) is 18.0. The Labute approximate surface area is 128 Å². The number of aromatic nitrogens is 1. The molecule has 4 nitrogen and oxygen atoms in total. The number of nitrogens with zero attached hydrogens (tertiary/aromatic N) is 2. The first-order valence-corrected chi connectivity index (χ1v) is 7.83. The standard InChI is InChI=1S/C15H22N2O2.C2H6/c1-15(2,3)19-14(18)17-9-5-7-13(11-17)12-6-4-8-16-10-12;1-2/h4,6,8,10,13H,5,7,9,11H2,1-3H3;1-2H3. The predicted molar refractivity (Wildman–Crippen MR) is 85.4 cm³/mol. The van der Waals surface area contributed by atoms with E-state index in [2.05, 4.69) is 11.1 Å². The normalized spacial score (nSPS) is 18.5. The van der Waals surface area contributed by atoms with Gasteiger partial charge in [-0.3, -0.25) is 4.98 Å². The number of rotatable bonds is 1. The van der Waals surface area contributed by atoms with E-state index >= 15 is 0 Å². The van der Waals surface area contributed by atoms with Crippen molar-refractivity contribution in [2.75, 3.05) is 13.1 Å². The van der Waals surface area contributed by atoms with Crippen molar-refractivity contribution in [3.63, 3.8) is 0 Å². The second kappa shape index (κ2) is 8.01. The van der Waals surface area contributed by atoms with Crippen LogP contribution in [0.5, 0.6) is 0 Å². The molecule has 0 spiro atoms. The molecule has 0 bridgehead atoms. The molecule has 1 amide bonds. The molecule has 1 aromatic heterocycles. The van der Waals surface area contributed by atoms with E-state index in [0.29, 0.717) is 5.92 Å². The Hall–Kier alpha value is -1.58. The average molecular weight is 292 g/mol. The molecule has 0 radical (unpaired) electrons. The molecule has 2 heterocycles. The largest absolute Gasteiger partial charge is 0.444 e. The molecule has 2 rings (SSSR count). The van der Waals surface area contributed by atoms with Gasteiger partial charge in [-0.25, -0.2) is 4.79 Å². The first kappa shape index (κ1) is 17.5. The third kappa shape index (κ3) is 5.74. The second-order valence-electron chi connectivity index (χ2n) is 6.05. The zero-order chi connectivity index (χ0) is 15.9. The molecule has 1 saturated heterocycles. The van der Waals surface area contributed by atoms with E-state index in [9.17, 15) is 4.79 Å². The lowest BCUT2D eigenvalue weighted by Crippen LogP contribution is -2.42. The molecule has 118 valence electrons. The highest BCUT2D eigenvalue weighted by Crippen LogP contribution is 2.27. The summed E-state index contributed by atoms with van der Waals surface area (Å²) >= 11 is 0. The maximum Gasteiger partial charge on any atom is 0.410 e. The molecule has 0 saturated carbocycles. The summed E-state index contributed by atoms with van der Waals surface area (Å²) in [5.41, 5.74) is 0.772. The second-order valence-corrected chi connectivity index (χ2v) is 6.05. The van der Waals surface area contributed by atoms with Gasteiger partial charge in [-0.2, -0.15) is 0 Å². The Balaban J connectivity index is 0.00000106. The monoisotopic (exact) mass is 292 g/mol. The van der Waals surface area contributed by atoms with Gasteiger partial charge >= 0.3 is 6.09 Å². The summed E-state index contributed by atoms with van der Waals surface area (Å²) in [6.07, 6.45) is 5.58. The number of likely N-dealkylation sites (tertiary alicyclic amines) is 1. The molecule has 0 aliphatic carbocycles. The smallest absolute Gasteiger partial charge is 0.410 e. The van der Waals surface area contributed by atoms with Crippen molar-refractivity contribution in [1.29, 1.82) is 0 Å². The van der Waals surface area contributed by atoms with Crippen molar-refractivity contribution in [1.82, 2.24) is 9.88 Å². The third-order valence-electron chi connectivity index (χ3n) is 3.23. The molecule has 1 aliphatic rings. The highest BCUT2D eigenvalue weighted by atomic mass is 16.6. The average Bonchev–Trinajstić information content (AvgIpc) is 2.49. The van der Waals surface area contributed by atoms with E-state index in [1.807, 2.05) is 51.8 Å². The molecule has 1 atom stereocenters. The number of amides is 1. The molecule has 0 N–H and O–H groups in total. The van der Waals surface area contributed by atoms with Crippen LogP contribution in [0.25, 0.3) is 0 Å². The van der Waals surface area contributed by atoms with Gasteiger partial charge in [-0.1, -0.05) is 19.9 Å². The maximum absolute atomic E-state index is 12.1. The number of ether oxygens (including phenoxy) is 1. The van der Waals surface area contributed by atoms with Gasteiger partial charge in [0.25, 0.3) is 0 Å². The van der Waals surface area contributed by atoms with Crippen LogP contribution in [-0.2, 0) is 4.74 Å². The van der Waals surface area contributed by atoms with Crippen LogP contribution in [0.4, 0.5) is 4.79 Å². The third-order valence-corrected chi connectivity index (χ3v) is 3.23. The van der Waals surface area contributed by atoms with Crippen molar-refractivity contribution in [3.05, 3.63) is 30.1 Å². The van der Waals surface area contributed by atoms with Gasteiger partial charge in [0.2, 0.25) is 0 Å². The van der Waals surface area contributed by atoms with Crippen LogP contribution in [0, 0.1) is 0 Å². The number of hydrogen-bond donors (Lipinski definition) is 0. The minimum absolute atomic E-state index is 0.207. The van der Waals surface area contributed by atoms with Gasteiger partial charge in [-0.05, 0) is 45.2 Å². The SMILES string of the molecule is CC.CC(C)(C)OC(=O)N1CCCC(c2cccnc2)C1. The Morgan fingerprint density at radius 1 is 1.38 bits per heavy atom. The minimum Gasteiger partial charge on any atom is -0.444 e. The van der Waals surface area contributed by atoms with Crippen molar-refractivity contribution in [2.24, 2.45) is 0 Å². The van der Waals surface area contributed by atoms with Crippen molar-refractivity contribution in [3.8, 4) is 0 Å². The highest BCUT2D eigenvalue weighted by Gasteiger charge is 2.28. The van der Waals surface area contributed by atoms with Gasteiger partial charge in [0.15, 0.2) is 0 Å². The zero-order valence-electron chi connectivity index (χ0n) is 13.9. The van der Waals surface area contributed by atoms with E-state index in [1.54, 1.807) is 6.20 Å². The van der Waals surface area contributed by atoms with E-state index in [0.717, 1.165) is 25.9 Å². The van der Waals surface area contributed by atoms with Crippen molar-refractivity contribution < 1.29 is 9.53 Å². The fourth-order valence-electron chi connectivity index (χ4n) is 2.36. The number of piperidine rings is 1. The molecular weight excluding hydrogens is 264 g/mol. The number of hydrogen-bond acceptors (Lipinski definition) is 3. The van der Waals surface area contributed by atoms with Crippen LogP contribution in [0.15, 0.2) is 24.5 Å². The Morgan fingerprint density at radius 3 is 2.67 bits per heavy atom. The Bertz CT molecular complexity index is 426. The lowest BCUT2D eigenvalue weighted by Gasteiger charge is -2.34. The number of pyridine rings is 1. The van der Waals surface area contributed by atoms with Gasteiger partial charge < -0.3 is 9.64 Å². The van der Waals surface area contributed by atoms with E-state index in [4.69, 9.17) is 4.74 Å². The fourth-order valence-corrected chi connectivity index (χ4v) is 2.36. The van der Waals surface area contributed by atoms with Crippen LogP contribution in [0.2, 0.25) is 0 Å². The lowest BCUT2D eigenvalue weighted by molar-refractivity contribution is 0.0198. The summed E-state index contributed by atoms with van der Waals surface area (Å²) in [5.74, 6) is 0.370. The molecule has 1 aromatic rings. The molecule has 1 aliphatic heterocycles. The zero-order valence-corrected chi connectivity index (χ0v) is 13.9. The van der Waals surface area contributed by atoms with Crippen LogP contribution in [-0.4, -0.2) is 34.7 Å². The summed E-state index contributed by atoms with van der Waals surface area (Å²) in [6, 6.07) is 4.03. The van der Waals surface area contributed by atoms with Gasteiger partial charge in [0, 0.05) is 31.4 Å². The van der Waals surface area contributed by atoms with Crippen molar-refractivity contribution >= 4 is 6.09 Å². The molecule has 1 fully saturated rings.